The lowest BCUT2D eigenvalue weighted by Crippen LogP contribution is -2.11. The van der Waals surface area contributed by atoms with Crippen molar-refractivity contribution >= 4 is 39.7 Å². The van der Waals surface area contributed by atoms with E-state index in [1.54, 1.807) is 11.3 Å². The van der Waals surface area contributed by atoms with Gasteiger partial charge in [-0.15, -0.1) is 11.3 Å². The van der Waals surface area contributed by atoms with Crippen LogP contribution < -0.4 is 5.32 Å². The predicted molar refractivity (Wildman–Crippen MR) is 97.2 cm³/mol. The van der Waals surface area contributed by atoms with E-state index in [4.69, 9.17) is 9.97 Å². The number of hydrogen-bond donors (Lipinski definition) is 1. The summed E-state index contributed by atoms with van der Waals surface area (Å²) in [7, 11) is 0. The van der Waals surface area contributed by atoms with Crippen LogP contribution in [0, 0.1) is 10.5 Å². The van der Waals surface area contributed by atoms with Crippen LogP contribution in [0.3, 0.4) is 0 Å². The second-order valence-corrected chi connectivity index (χ2v) is 7.01. The summed E-state index contributed by atoms with van der Waals surface area (Å²) < 4.78 is 1.15. The molecule has 0 bridgehead atoms. The Morgan fingerprint density at radius 2 is 2.00 bits per heavy atom. The summed E-state index contributed by atoms with van der Waals surface area (Å²) in [5, 5.41) is 6.57. The van der Waals surface area contributed by atoms with Gasteiger partial charge < -0.3 is 5.32 Å². The molecule has 0 saturated carbocycles. The van der Waals surface area contributed by atoms with Crippen molar-refractivity contribution < 1.29 is 0 Å². The van der Waals surface area contributed by atoms with Crippen LogP contribution in [0.5, 0.6) is 0 Å². The average molecular weight is 416 g/mol. The van der Waals surface area contributed by atoms with Gasteiger partial charge in [0.15, 0.2) is 0 Å². The van der Waals surface area contributed by atoms with E-state index in [2.05, 4.69) is 52.1 Å². The van der Waals surface area contributed by atoms with Crippen LogP contribution in [0.25, 0.3) is 0 Å². The second kappa shape index (κ2) is 8.03. The highest BCUT2D eigenvalue weighted by atomic mass is 127. The fourth-order valence-electron chi connectivity index (χ4n) is 2.01. The van der Waals surface area contributed by atoms with Crippen molar-refractivity contribution in [2.75, 3.05) is 11.9 Å². The third kappa shape index (κ3) is 4.60. The molecule has 0 radical (unpaired) electrons. The van der Waals surface area contributed by atoms with E-state index < -0.39 is 0 Å². The van der Waals surface area contributed by atoms with Gasteiger partial charge in [0.05, 0.1) is 15.7 Å². The average Bonchev–Trinajstić information content (AvgIpc) is 2.86. The normalized spacial score (nSPS) is 10.9. The molecule has 21 heavy (non-hydrogen) atoms. The predicted octanol–water partition coefficient (Wildman–Crippen LogP) is 4.21. The van der Waals surface area contributed by atoms with Crippen LogP contribution in [0.2, 0.25) is 0 Å². The highest BCUT2D eigenvalue weighted by Crippen LogP contribution is 2.22. The van der Waals surface area contributed by atoms with Gasteiger partial charge in [-0.25, -0.2) is 15.0 Å². The molecule has 0 unspecified atom stereocenters. The summed E-state index contributed by atoms with van der Waals surface area (Å²) in [5.74, 6) is 1.84. The van der Waals surface area contributed by atoms with Crippen molar-refractivity contribution in [2.24, 2.45) is 0 Å². The molecule has 2 rings (SSSR count). The maximum absolute atomic E-state index is 4.74. The molecule has 0 aliphatic heterocycles. The molecule has 4 nitrogen and oxygen atoms in total. The number of nitrogens with zero attached hydrogens (tertiary/aromatic N) is 3. The molecule has 6 heteroatoms. The van der Waals surface area contributed by atoms with Crippen LogP contribution in [0.15, 0.2) is 5.38 Å². The SMILES string of the molecule is CCCNc1nc(Cc2nc(C)cs2)nc(CCC)c1I. The molecule has 2 heterocycles. The number of aromatic nitrogens is 3. The zero-order valence-corrected chi connectivity index (χ0v) is 15.7. The maximum Gasteiger partial charge on any atom is 0.143 e. The number of hydrogen-bond acceptors (Lipinski definition) is 5. The molecule has 0 amide bonds. The van der Waals surface area contributed by atoms with Crippen LogP contribution in [-0.2, 0) is 12.8 Å². The Kier molecular flexibility index (Phi) is 6.35. The number of halogens is 1. The van der Waals surface area contributed by atoms with E-state index in [1.807, 2.05) is 6.92 Å². The quantitative estimate of drug-likeness (QED) is 0.687. The summed E-state index contributed by atoms with van der Waals surface area (Å²) in [6.45, 7) is 7.30. The third-order valence-corrected chi connectivity index (χ3v) is 5.07. The first-order valence-corrected chi connectivity index (χ1v) is 9.30. The first-order chi connectivity index (χ1) is 10.1. The van der Waals surface area contributed by atoms with E-state index >= 15 is 0 Å². The van der Waals surface area contributed by atoms with Gasteiger partial charge in [0, 0.05) is 17.6 Å². The Bertz CT molecular complexity index is 597. The molecule has 2 aromatic rings. The Morgan fingerprint density at radius 3 is 2.62 bits per heavy atom. The molecule has 0 aliphatic rings. The minimum Gasteiger partial charge on any atom is -0.369 e. The highest BCUT2D eigenvalue weighted by molar-refractivity contribution is 14.1. The Morgan fingerprint density at radius 1 is 1.19 bits per heavy atom. The van der Waals surface area contributed by atoms with E-state index in [-0.39, 0.29) is 0 Å². The molecule has 114 valence electrons. The van der Waals surface area contributed by atoms with E-state index in [1.165, 1.54) is 0 Å². The van der Waals surface area contributed by atoms with Gasteiger partial charge >= 0.3 is 0 Å². The summed E-state index contributed by atoms with van der Waals surface area (Å²) >= 11 is 4.03. The largest absolute Gasteiger partial charge is 0.369 e. The van der Waals surface area contributed by atoms with Crippen molar-refractivity contribution in [3.63, 3.8) is 0 Å². The molecule has 0 spiro atoms. The molecule has 0 aromatic carbocycles. The number of thiazole rings is 1. The summed E-state index contributed by atoms with van der Waals surface area (Å²) in [6, 6.07) is 0. The highest BCUT2D eigenvalue weighted by Gasteiger charge is 2.13. The maximum atomic E-state index is 4.74. The van der Waals surface area contributed by atoms with Crippen molar-refractivity contribution in [3.05, 3.63) is 31.2 Å². The smallest absolute Gasteiger partial charge is 0.143 e. The van der Waals surface area contributed by atoms with Gasteiger partial charge in [0.25, 0.3) is 0 Å². The Labute approximate surface area is 144 Å². The Balaban J connectivity index is 2.28. The van der Waals surface area contributed by atoms with Gasteiger partial charge in [0.1, 0.15) is 16.6 Å². The summed E-state index contributed by atoms with van der Waals surface area (Å²) in [5.41, 5.74) is 2.22. The second-order valence-electron chi connectivity index (χ2n) is 4.99. The lowest BCUT2D eigenvalue weighted by Gasteiger charge is -2.12. The molecule has 1 N–H and O–H groups in total. The molecule has 0 atom stereocenters. The Hall–Kier alpha value is -0.760. The van der Waals surface area contributed by atoms with Crippen molar-refractivity contribution in [2.45, 2.75) is 46.5 Å². The number of anilines is 1. The summed E-state index contributed by atoms with van der Waals surface area (Å²) in [6.07, 6.45) is 3.89. The molecule has 0 saturated heterocycles. The van der Waals surface area contributed by atoms with Gasteiger partial charge in [-0.2, -0.15) is 0 Å². The molecular weight excluding hydrogens is 395 g/mol. The van der Waals surface area contributed by atoms with E-state index in [0.717, 1.165) is 57.4 Å². The fraction of sp³-hybridized carbons (Fsp3) is 0.533. The van der Waals surface area contributed by atoms with Crippen molar-refractivity contribution in [1.82, 2.24) is 15.0 Å². The van der Waals surface area contributed by atoms with Gasteiger partial charge in [-0.05, 0) is 42.4 Å². The zero-order valence-electron chi connectivity index (χ0n) is 12.7. The minimum absolute atomic E-state index is 0.715. The first-order valence-electron chi connectivity index (χ1n) is 7.34. The van der Waals surface area contributed by atoms with Gasteiger partial charge in [0.2, 0.25) is 0 Å². The standard InChI is InChI=1S/C15H21IN4S/c1-4-6-11-14(16)15(17-7-5-2)20-12(19-11)8-13-18-10(3)9-21-13/h9H,4-8H2,1-3H3,(H,17,19,20). The molecular formula is C15H21IN4S. The van der Waals surface area contributed by atoms with Crippen LogP contribution in [-0.4, -0.2) is 21.5 Å². The minimum atomic E-state index is 0.715. The third-order valence-electron chi connectivity index (χ3n) is 2.97. The molecule has 0 aliphatic carbocycles. The van der Waals surface area contributed by atoms with Crippen molar-refractivity contribution in [1.29, 1.82) is 0 Å². The van der Waals surface area contributed by atoms with Crippen LogP contribution in [0.4, 0.5) is 5.82 Å². The van der Waals surface area contributed by atoms with Crippen molar-refractivity contribution in [3.8, 4) is 0 Å². The lowest BCUT2D eigenvalue weighted by molar-refractivity contribution is 0.828. The van der Waals surface area contributed by atoms with Gasteiger partial charge in [-0.1, -0.05) is 20.3 Å². The van der Waals surface area contributed by atoms with Gasteiger partial charge in [-0.3, -0.25) is 0 Å². The van der Waals surface area contributed by atoms with E-state index in [9.17, 15) is 0 Å². The van der Waals surface area contributed by atoms with E-state index in [0.29, 0.717) is 6.42 Å². The number of rotatable bonds is 7. The topological polar surface area (TPSA) is 50.7 Å². The van der Waals surface area contributed by atoms with Crippen LogP contribution >= 0.6 is 33.9 Å². The lowest BCUT2D eigenvalue weighted by atomic mass is 10.2. The molecule has 2 aromatic heterocycles. The molecule has 0 fully saturated rings. The summed E-state index contributed by atoms with van der Waals surface area (Å²) in [4.78, 5) is 13.9. The van der Waals surface area contributed by atoms with Crippen LogP contribution in [0.1, 0.15) is 48.9 Å². The fourth-order valence-corrected chi connectivity index (χ4v) is 3.48. The monoisotopic (exact) mass is 416 g/mol. The number of nitrogens with one attached hydrogen (secondary N) is 1. The zero-order chi connectivity index (χ0) is 15.2. The number of aryl methyl sites for hydroxylation is 2. The first kappa shape index (κ1) is 16.6.